The van der Waals surface area contributed by atoms with Crippen LogP contribution < -0.4 is 4.90 Å². The SMILES string of the molecule is O=C(N1Cc2cc(Cl)ccc2-n2c(nnc2C2CC3(C2)CN(c2cnccn2)C3)C1)C1(F)CC1. The van der Waals surface area contributed by atoms with Crippen molar-refractivity contribution in [3.05, 3.63) is 59.0 Å². The van der Waals surface area contributed by atoms with Gasteiger partial charge in [0.25, 0.3) is 5.91 Å². The summed E-state index contributed by atoms with van der Waals surface area (Å²) in [5, 5.41) is 9.62. The number of rotatable bonds is 3. The fraction of sp³-hybridized carbons (Fsp3) is 0.458. The zero-order chi connectivity index (χ0) is 23.1. The molecule has 3 fully saturated rings. The fourth-order valence-corrected chi connectivity index (χ4v) is 6.04. The van der Waals surface area contributed by atoms with Gasteiger partial charge in [0, 0.05) is 48.4 Å². The number of halogens is 2. The quantitative estimate of drug-likeness (QED) is 0.572. The van der Waals surface area contributed by atoms with Crippen molar-refractivity contribution in [2.45, 2.75) is 50.4 Å². The van der Waals surface area contributed by atoms with Crippen molar-refractivity contribution < 1.29 is 9.18 Å². The molecule has 4 heterocycles. The maximum atomic E-state index is 14.7. The molecule has 0 radical (unpaired) electrons. The highest BCUT2D eigenvalue weighted by atomic mass is 35.5. The molecule has 2 aliphatic carbocycles. The van der Waals surface area contributed by atoms with E-state index in [1.165, 1.54) is 0 Å². The van der Waals surface area contributed by atoms with Crippen molar-refractivity contribution in [2.75, 3.05) is 18.0 Å². The number of carbonyl (C=O) groups is 1. The Kier molecular flexibility index (Phi) is 4.17. The van der Waals surface area contributed by atoms with Gasteiger partial charge in [-0.25, -0.2) is 9.37 Å². The van der Waals surface area contributed by atoms with Gasteiger partial charge < -0.3 is 9.80 Å². The summed E-state index contributed by atoms with van der Waals surface area (Å²) in [4.78, 5) is 25.3. The van der Waals surface area contributed by atoms with Gasteiger partial charge in [-0.1, -0.05) is 11.6 Å². The Morgan fingerprint density at radius 2 is 1.94 bits per heavy atom. The van der Waals surface area contributed by atoms with Crippen LogP contribution in [0.5, 0.6) is 0 Å². The number of hydrogen-bond acceptors (Lipinski definition) is 6. The lowest BCUT2D eigenvalue weighted by atomic mass is 9.57. The Bertz CT molecular complexity index is 1290. The molecule has 2 aromatic heterocycles. The molecule has 7 rings (SSSR count). The number of amides is 1. The van der Waals surface area contributed by atoms with Gasteiger partial charge in [0.15, 0.2) is 11.5 Å². The van der Waals surface area contributed by atoms with E-state index >= 15 is 0 Å². The number of alkyl halides is 1. The Hall–Kier alpha value is -3.07. The smallest absolute Gasteiger partial charge is 0.260 e. The molecule has 3 aromatic rings. The van der Waals surface area contributed by atoms with Gasteiger partial charge in [-0.2, -0.15) is 0 Å². The number of carbonyl (C=O) groups excluding carboxylic acids is 1. The van der Waals surface area contributed by atoms with Gasteiger partial charge in [0.2, 0.25) is 0 Å². The molecule has 1 saturated heterocycles. The van der Waals surface area contributed by atoms with Crippen LogP contribution >= 0.6 is 11.6 Å². The van der Waals surface area contributed by atoms with Crippen LogP contribution in [0.2, 0.25) is 5.02 Å². The van der Waals surface area contributed by atoms with E-state index in [-0.39, 0.29) is 17.9 Å². The lowest BCUT2D eigenvalue weighted by Gasteiger charge is -2.59. The number of anilines is 1. The van der Waals surface area contributed by atoms with Crippen LogP contribution in [0.4, 0.5) is 10.2 Å². The van der Waals surface area contributed by atoms with E-state index in [1.807, 2.05) is 18.2 Å². The third kappa shape index (κ3) is 3.06. The second kappa shape index (κ2) is 6.97. The van der Waals surface area contributed by atoms with E-state index in [9.17, 15) is 9.18 Å². The first-order valence-electron chi connectivity index (χ1n) is 11.7. The minimum Gasteiger partial charge on any atom is -0.354 e. The molecule has 4 aliphatic rings. The van der Waals surface area contributed by atoms with Crippen LogP contribution in [0.3, 0.4) is 0 Å². The monoisotopic (exact) mass is 479 g/mol. The van der Waals surface area contributed by atoms with Gasteiger partial charge in [-0.05, 0) is 49.4 Å². The summed E-state index contributed by atoms with van der Waals surface area (Å²) in [6, 6.07) is 5.66. The molecule has 1 spiro atoms. The van der Waals surface area contributed by atoms with Crippen LogP contribution in [0.25, 0.3) is 5.69 Å². The van der Waals surface area contributed by atoms with Crippen LogP contribution in [-0.2, 0) is 17.9 Å². The number of hydrogen-bond donors (Lipinski definition) is 0. The van der Waals surface area contributed by atoms with E-state index in [0.717, 1.165) is 48.8 Å². The minimum absolute atomic E-state index is 0.238. The molecular formula is C24H23ClFN7O. The Labute approximate surface area is 200 Å². The van der Waals surface area contributed by atoms with E-state index in [2.05, 4.69) is 29.6 Å². The average molecular weight is 480 g/mol. The van der Waals surface area contributed by atoms with Gasteiger partial charge >= 0.3 is 0 Å². The first-order valence-corrected chi connectivity index (χ1v) is 12.0. The first kappa shape index (κ1) is 20.3. The van der Waals surface area contributed by atoms with Crippen molar-refractivity contribution in [3.63, 3.8) is 0 Å². The van der Waals surface area contributed by atoms with Crippen LogP contribution in [0, 0.1) is 5.41 Å². The maximum absolute atomic E-state index is 14.7. The molecule has 2 saturated carbocycles. The summed E-state index contributed by atoms with van der Waals surface area (Å²) in [6.07, 6.45) is 7.85. The lowest BCUT2D eigenvalue weighted by Crippen LogP contribution is -2.62. The molecular weight excluding hydrogens is 457 g/mol. The number of fused-ring (bicyclic) bond motifs is 3. The summed E-state index contributed by atoms with van der Waals surface area (Å²) in [7, 11) is 0. The van der Waals surface area contributed by atoms with Crippen LogP contribution in [0.15, 0.2) is 36.8 Å². The van der Waals surface area contributed by atoms with Crippen molar-refractivity contribution in [1.29, 1.82) is 0 Å². The van der Waals surface area contributed by atoms with Gasteiger partial charge in [0.05, 0.1) is 18.4 Å². The van der Waals surface area contributed by atoms with Crippen LogP contribution in [-0.4, -0.2) is 54.3 Å². The molecule has 10 heteroatoms. The second-order valence-corrected chi connectivity index (χ2v) is 10.7. The predicted octanol–water partition coefficient (Wildman–Crippen LogP) is 3.44. The van der Waals surface area contributed by atoms with Crippen molar-refractivity contribution >= 4 is 23.3 Å². The summed E-state index contributed by atoms with van der Waals surface area (Å²) < 4.78 is 16.7. The fourth-order valence-electron chi connectivity index (χ4n) is 5.85. The van der Waals surface area contributed by atoms with E-state index in [4.69, 9.17) is 11.6 Å². The molecule has 1 amide bonds. The minimum atomic E-state index is -1.73. The van der Waals surface area contributed by atoms with Gasteiger partial charge in [-0.15, -0.1) is 10.2 Å². The average Bonchev–Trinajstić information content (AvgIpc) is 3.45. The third-order valence-corrected chi connectivity index (χ3v) is 7.98. The summed E-state index contributed by atoms with van der Waals surface area (Å²) in [6.45, 7) is 2.49. The second-order valence-electron chi connectivity index (χ2n) is 10.2. The topological polar surface area (TPSA) is 80.0 Å². The largest absolute Gasteiger partial charge is 0.354 e. The molecule has 8 nitrogen and oxygen atoms in total. The standard InChI is InChI=1S/C24H23ClFN7O/c25-17-1-2-18-15(7-17)11-31(22(34)24(26)3-4-24)12-20-29-30-21(33(18)20)16-8-23(9-16)13-32(14-23)19-10-27-5-6-28-19/h1-2,5-7,10,16H,3-4,8-9,11-14H2. The number of nitrogens with zero attached hydrogens (tertiary/aromatic N) is 7. The number of aromatic nitrogens is 5. The lowest BCUT2D eigenvalue weighted by molar-refractivity contribution is -0.139. The zero-order valence-corrected chi connectivity index (χ0v) is 19.2. The van der Waals surface area contributed by atoms with Crippen molar-refractivity contribution in [1.82, 2.24) is 29.6 Å². The third-order valence-electron chi connectivity index (χ3n) is 7.74. The Balaban J connectivity index is 1.16. The summed E-state index contributed by atoms with van der Waals surface area (Å²) in [5.74, 6) is 2.33. The van der Waals surface area contributed by atoms with Crippen molar-refractivity contribution in [3.8, 4) is 5.69 Å². The highest BCUT2D eigenvalue weighted by Gasteiger charge is 2.55. The summed E-state index contributed by atoms with van der Waals surface area (Å²) in [5.41, 5.74) is 0.359. The molecule has 0 bridgehead atoms. The molecule has 0 N–H and O–H groups in total. The Morgan fingerprint density at radius 3 is 2.68 bits per heavy atom. The van der Waals surface area contributed by atoms with E-state index in [1.54, 1.807) is 23.5 Å². The predicted molar refractivity (Wildman–Crippen MR) is 122 cm³/mol. The molecule has 174 valence electrons. The Morgan fingerprint density at radius 1 is 1.12 bits per heavy atom. The molecule has 1 aromatic carbocycles. The molecule has 2 aliphatic heterocycles. The maximum Gasteiger partial charge on any atom is 0.260 e. The number of benzene rings is 1. The molecule has 0 unspecified atom stereocenters. The first-order chi connectivity index (χ1) is 16.4. The highest BCUT2D eigenvalue weighted by molar-refractivity contribution is 6.30. The van der Waals surface area contributed by atoms with Gasteiger partial charge in [-0.3, -0.25) is 14.3 Å². The van der Waals surface area contributed by atoms with E-state index < -0.39 is 11.6 Å². The van der Waals surface area contributed by atoms with Crippen molar-refractivity contribution in [2.24, 2.45) is 5.41 Å². The zero-order valence-electron chi connectivity index (χ0n) is 18.5. The van der Waals surface area contributed by atoms with Crippen LogP contribution in [0.1, 0.15) is 48.8 Å². The highest BCUT2D eigenvalue weighted by Crippen LogP contribution is 2.56. The summed E-state index contributed by atoms with van der Waals surface area (Å²) >= 11 is 6.30. The normalized spacial score (nSPS) is 21.8. The van der Waals surface area contributed by atoms with E-state index in [0.29, 0.717) is 30.2 Å². The molecule has 34 heavy (non-hydrogen) atoms. The van der Waals surface area contributed by atoms with Gasteiger partial charge in [0.1, 0.15) is 11.6 Å². The molecule has 0 atom stereocenters.